The number of likely N-dealkylation sites (tertiary alicyclic amines) is 1. The zero-order valence-corrected chi connectivity index (χ0v) is 18.0. The molecule has 156 valence electrons. The van der Waals surface area contributed by atoms with Gasteiger partial charge in [-0.3, -0.25) is 9.59 Å². The van der Waals surface area contributed by atoms with Gasteiger partial charge in [0.05, 0.1) is 17.4 Å². The van der Waals surface area contributed by atoms with Crippen LogP contribution in [-0.4, -0.2) is 35.9 Å². The van der Waals surface area contributed by atoms with Crippen LogP contribution in [0.1, 0.15) is 38.7 Å². The van der Waals surface area contributed by atoms with Crippen LogP contribution in [0.25, 0.3) is 5.57 Å². The predicted octanol–water partition coefficient (Wildman–Crippen LogP) is 4.90. The molecule has 30 heavy (non-hydrogen) atoms. The Balaban J connectivity index is 1.77. The number of rotatable bonds is 5. The third kappa shape index (κ3) is 3.94. The summed E-state index contributed by atoms with van der Waals surface area (Å²) >= 11 is 6.13. The number of halogens is 1. The highest BCUT2D eigenvalue weighted by molar-refractivity contribution is 6.45. The lowest BCUT2D eigenvalue weighted by Crippen LogP contribution is -2.37. The zero-order chi connectivity index (χ0) is 21.3. The SMILES string of the molecule is CC(C)Oc1ccc(C2=C(N3CCCCC3)C(=O)N(c3cccc(Cl)c3)C2=O)cc1. The number of carbonyl (C=O) groups excluding carboxylic acids is 2. The Labute approximate surface area is 181 Å². The number of benzene rings is 2. The zero-order valence-electron chi connectivity index (χ0n) is 17.2. The van der Waals surface area contributed by atoms with E-state index in [1.54, 1.807) is 24.3 Å². The van der Waals surface area contributed by atoms with Gasteiger partial charge >= 0.3 is 0 Å². The van der Waals surface area contributed by atoms with Crippen LogP contribution in [-0.2, 0) is 9.59 Å². The third-order valence-electron chi connectivity index (χ3n) is 5.31. The largest absolute Gasteiger partial charge is 0.491 e. The van der Waals surface area contributed by atoms with Crippen LogP contribution < -0.4 is 9.64 Å². The summed E-state index contributed by atoms with van der Waals surface area (Å²) in [6.07, 6.45) is 3.22. The Hall–Kier alpha value is -2.79. The molecule has 2 amide bonds. The molecule has 0 N–H and O–H groups in total. The molecule has 0 unspecified atom stereocenters. The number of hydrogen-bond donors (Lipinski definition) is 0. The van der Waals surface area contributed by atoms with Gasteiger partial charge in [-0.25, -0.2) is 4.90 Å². The molecule has 0 atom stereocenters. The Morgan fingerprint density at radius 2 is 1.63 bits per heavy atom. The predicted molar refractivity (Wildman–Crippen MR) is 118 cm³/mol. The molecule has 0 spiro atoms. The molecule has 4 rings (SSSR count). The summed E-state index contributed by atoms with van der Waals surface area (Å²) in [5, 5.41) is 0.483. The molecule has 2 aliphatic rings. The smallest absolute Gasteiger partial charge is 0.282 e. The normalized spacial score (nSPS) is 17.3. The Bertz CT molecular complexity index is 992. The maximum atomic E-state index is 13.5. The second-order valence-corrected chi connectivity index (χ2v) is 8.32. The van der Waals surface area contributed by atoms with Gasteiger partial charge < -0.3 is 9.64 Å². The average molecular weight is 425 g/mol. The second kappa shape index (κ2) is 8.52. The van der Waals surface area contributed by atoms with Crippen molar-refractivity contribution in [2.75, 3.05) is 18.0 Å². The summed E-state index contributed by atoms with van der Waals surface area (Å²) in [5.74, 6) is 0.124. The second-order valence-electron chi connectivity index (χ2n) is 7.89. The fourth-order valence-corrected chi connectivity index (χ4v) is 4.20. The Morgan fingerprint density at radius 1 is 0.933 bits per heavy atom. The minimum absolute atomic E-state index is 0.0620. The molecule has 1 saturated heterocycles. The summed E-state index contributed by atoms with van der Waals surface area (Å²) in [7, 11) is 0. The number of carbonyl (C=O) groups is 2. The standard InChI is InChI=1S/C24H25ClN2O3/c1-16(2)30-20-11-9-17(10-12-20)21-22(26-13-4-3-5-14-26)24(29)27(23(21)28)19-8-6-7-18(25)15-19/h6-12,15-16H,3-5,13-14H2,1-2H3. The lowest BCUT2D eigenvalue weighted by Gasteiger charge is -2.29. The topological polar surface area (TPSA) is 49.9 Å². The highest BCUT2D eigenvalue weighted by Crippen LogP contribution is 2.37. The van der Waals surface area contributed by atoms with Gasteiger partial charge in [-0.05, 0) is 69.0 Å². The molecule has 0 aliphatic carbocycles. The van der Waals surface area contributed by atoms with Crippen LogP contribution in [0.15, 0.2) is 54.2 Å². The molecule has 0 bridgehead atoms. The highest BCUT2D eigenvalue weighted by Gasteiger charge is 2.42. The number of amides is 2. The number of imide groups is 1. The molecule has 2 heterocycles. The molecule has 0 aromatic heterocycles. The molecular weight excluding hydrogens is 400 g/mol. The lowest BCUT2D eigenvalue weighted by atomic mass is 10.0. The van der Waals surface area contributed by atoms with Crippen molar-refractivity contribution in [2.45, 2.75) is 39.2 Å². The quantitative estimate of drug-likeness (QED) is 0.641. The molecule has 2 aliphatic heterocycles. The highest BCUT2D eigenvalue weighted by atomic mass is 35.5. The first-order valence-electron chi connectivity index (χ1n) is 10.4. The molecule has 6 heteroatoms. The summed E-state index contributed by atoms with van der Waals surface area (Å²) in [6.45, 7) is 5.48. The van der Waals surface area contributed by atoms with Crippen molar-refractivity contribution in [1.29, 1.82) is 0 Å². The fourth-order valence-electron chi connectivity index (χ4n) is 4.01. The van der Waals surface area contributed by atoms with Gasteiger partial charge in [0.2, 0.25) is 0 Å². The number of hydrogen-bond acceptors (Lipinski definition) is 4. The van der Waals surface area contributed by atoms with Gasteiger partial charge in [0, 0.05) is 18.1 Å². The number of nitrogens with zero attached hydrogens (tertiary/aromatic N) is 2. The molecule has 0 radical (unpaired) electrons. The van der Waals surface area contributed by atoms with E-state index in [1.165, 1.54) is 4.90 Å². The van der Waals surface area contributed by atoms with E-state index in [9.17, 15) is 9.59 Å². The van der Waals surface area contributed by atoms with E-state index in [1.807, 2.05) is 38.1 Å². The van der Waals surface area contributed by atoms with Gasteiger partial charge in [-0.15, -0.1) is 0 Å². The molecule has 2 aromatic rings. The minimum Gasteiger partial charge on any atom is -0.491 e. The summed E-state index contributed by atoms with van der Waals surface area (Å²) in [4.78, 5) is 30.2. The van der Waals surface area contributed by atoms with E-state index in [0.717, 1.165) is 43.7 Å². The molecule has 5 nitrogen and oxygen atoms in total. The van der Waals surface area contributed by atoms with E-state index >= 15 is 0 Å². The molecule has 2 aromatic carbocycles. The first-order chi connectivity index (χ1) is 14.5. The minimum atomic E-state index is -0.319. The van der Waals surface area contributed by atoms with Crippen LogP contribution in [0, 0.1) is 0 Å². The fraction of sp³-hybridized carbons (Fsp3) is 0.333. The Morgan fingerprint density at radius 3 is 2.27 bits per heavy atom. The van der Waals surface area contributed by atoms with E-state index in [2.05, 4.69) is 4.90 Å². The van der Waals surface area contributed by atoms with Crippen molar-refractivity contribution in [3.63, 3.8) is 0 Å². The van der Waals surface area contributed by atoms with E-state index in [-0.39, 0.29) is 17.9 Å². The van der Waals surface area contributed by atoms with Gasteiger partial charge in [0.15, 0.2) is 0 Å². The van der Waals surface area contributed by atoms with Crippen LogP contribution in [0.4, 0.5) is 5.69 Å². The summed E-state index contributed by atoms with van der Waals surface area (Å²) in [5.41, 5.74) is 2.13. The van der Waals surface area contributed by atoms with Gasteiger partial charge in [0.1, 0.15) is 11.4 Å². The maximum absolute atomic E-state index is 13.5. The Kier molecular flexibility index (Phi) is 5.82. The van der Waals surface area contributed by atoms with Crippen molar-refractivity contribution in [3.05, 3.63) is 64.8 Å². The lowest BCUT2D eigenvalue weighted by molar-refractivity contribution is -0.120. The average Bonchev–Trinajstić information content (AvgIpc) is 2.99. The van der Waals surface area contributed by atoms with Crippen molar-refractivity contribution >= 4 is 34.7 Å². The van der Waals surface area contributed by atoms with Crippen LogP contribution in [0.5, 0.6) is 5.75 Å². The van der Waals surface area contributed by atoms with Crippen molar-refractivity contribution in [3.8, 4) is 5.75 Å². The van der Waals surface area contributed by atoms with E-state index in [0.29, 0.717) is 22.0 Å². The van der Waals surface area contributed by atoms with Gasteiger partial charge in [0.25, 0.3) is 11.8 Å². The summed E-state index contributed by atoms with van der Waals surface area (Å²) in [6, 6.07) is 14.2. The van der Waals surface area contributed by atoms with Crippen LogP contribution in [0.2, 0.25) is 5.02 Å². The maximum Gasteiger partial charge on any atom is 0.282 e. The number of ether oxygens (including phenoxy) is 1. The first-order valence-corrected chi connectivity index (χ1v) is 10.7. The van der Waals surface area contributed by atoms with Crippen LogP contribution >= 0.6 is 11.6 Å². The van der Waals surface area contributed by atoms with Gasteiger partial charge in [-0.2, -0.15) is 0 Å². The summed E-state index contributed by atoms with van der Waals surface area (Å²) < 4.78 is 5.72. The number of piperidine rings is 1. The van der Waals surface area contributed by atoms with Crippen molar-refractivity contribution in [1.82, 2.24) is 4.90 Å². The number of anilines is 1. The van der Waals surface area contributed by atoms with Crippen LogP contribution in [0.3, 0.4) is 0 Å². The van der Waals surface area contributed by atoms with Gasteiger partial charge in [-0.1, -0.05) is 29.8 Å². The van der Waals surface area contributed by atoms with E-state index < -0.39 is 0 Å². The van der Waals surface area contributed by atoms with E-state index in [4.69, 9.17) is 16.3 Å². The first kappa shape index (κ1) is 20.5. The monoisotopic (exact) mass is 424 g/mol. The van der Waals surface area contributed by atoms with Crippen molar-refractivity contribution < 1.29 is 14.3 Å². The third-order valence-corrected chi connectivity index (χ3v) is 5.55. The molecule has 1 fully saturated rings. The van der Waals surface area contributed by atoms with Crippen molar-refractivity contribution in [2.24, 2.45) is 0 Å². The molecular formula is C24H25ClN2O3. The molecule has 0 saturated carbocycles.